The van der Waals surface area contributed by atoms with Crippen LogP contribution in [0, 0.1) is 58.2 Å². The zero-order valence-corrected chi connectivity index (χ0v) is 29.0. The molecule has 10 fully saturated rings. The summed E-state index contributed by atoms with van der Waals surface area (Å²) in [6, 6.07) is 7.57. The van der Waals surface area contributed by atoms with Crippen molar-refractivity contribution < 1.29 is 19.2 Å². The smallest absolute Gasteiger partial charge is 0.240 e. The predicted octanol–water partition coefficient (Wildman–Crippen LogP) is 9.00. The second-order valence-corrected chi connectivity index (χ2v) is 18.5. The lowest BCUT2D eigenvalue weighted by atomic mass is 9.49. The van der Waals surface area contributed by atoms with Gasteiger partial charge < -0.3 is 0 Å². The van der Waals surface area contributed by atoms with E-state index < -0.39 is 10.8 Å². The molecule has 1 aromatic rings. The summed E-state index contributed by atoms with van der Waals surface area (Å²) < 4.78 is 0. The van der Waals surface area contributed by atoms with Gasteiger partial charge in [-0.25, -0.2) is 9.80 Å². The number of amides is 4. The molecule has 8 bridgehead atoms. The van der Waals surface area contributed by atoms with E-state index >= 15 is 0 Å². The summed E-state index contributed by atoms with van der Waals surface area (Å²) in [6.45, 7) is 0. The highest BCUT2D eigenvalue weighted by Crippen LogP contribution is 2.62. The van der Waals surface area contributed by atoms with Crippen molar-refractivity contribution in [2.24, 2.45) is 58.2 Å². The number of hydrogen-bond acceptors (Lipinski definition) is 4. The molecule has 10 aliphatic carbocycles. The van der Waals surface area contributed by atoms with Crippen molar-refractivity contribution in [3.8, 4) is 0 Å². The lowest BCUT2D eigenvalue weighted by Gasteiger charge is -2.56. The van der Waals surface area contributed by atoms with Gasteiger partial charge in [-0.3, -0.25) is 19.2 Å². The first-order valence-corrected chi connectivity index (χ1v) is 20.2. The predicted molar refractivity (Wildman–Crippen MR) is 186 cm³/mol. The number of rotatable bonds is 6. The molecule has 48 heavy (non-hydrogen) atoms. The van der Waals surface area contributed by atoms with E-state index in [2.05, 4.69) is 0 Å². The van der Waals surface area contributed by atoms with Gasteiger partial charge in [0.25, 0.3) is 0 Å². The van der Waals surface area contributed by atoms with E-state index in [1.54, 1.807) is 9.80 Å². The van der Waals surface area contributed by atoms with Gasteiger partial charge in [0.15, 0.2) is 0 Å². The van der Waals surface area contributed by atoms with Gasteiger partial charge >= 0.3 is 0 Å². The van der Waals surface area contributed by atoms with E-state index in [-0.39, 0.29) is 35.5 Å². The number of imide groups is 2. The molecule has 258 valence electrons. The average Bonchev–Trinajstić information content (AvgIpc) is 3.08. The lowest BCUT2D eigenvalue weighted by molar-refractivity contribution is -0.147. The summed E-state index contributed by atoms with van der Waals surface area (Å²) in [7, 11) is 0. The summed E-state index contributed by atoms with van der Waals surface area (Å²) in [5.41, 5.74) is 0.412. The van der Waals surface area contributed by atoms with Gasteiger partial charge in [-0.1, -0.05) is 38.5 Å². The summed E-state index contributed by atoms with van der Waals surface area (Å²) in [5, 5.41) is 0. The normalized spacial score (nSPS) is 38.6. The molecule has 0 unspecified atom stereocenters. The molecule has 6 heteroatoms. The minimum absolute atomic E-state index is 0.0250. The molecular weight excluding hydrogens is 596 g/mol. The van der Waals surface area contributed by atoms with Crippen LogP contribution in [0.15, 0.2) is 24.3 Å². The number of carbonyl (C=O) groups excluding carboxylic acids is 4. The van der Waals surface area contributed by atoms with Crippen molar-refractivity contribution in [3.05, 3.63) is 24.3 Å². The first-order valence-electron chi connectivity index (χ1n) is 20.2. The molecule has 10 saturated carbocycles. The van der Waals surface area contributed by atoms with Crippen LogP contribution in [0.1, 0.15) is 141 Å². The molecule has 0 aromatic heterocycles. The van der Waals surface area contributed by atoms with E-state index in [1.165, 1.54) is 38.5 Å². The first-order chi connectivity index (χ1) is 23.3. The fourth-order valence-electron chi connectivity index (χ4n) is 13.7. The third-order valence-electron chi connectivity index (χ3n) is 15.1. The zero-order chi connectivity index (χ0) is 32.6. The first kappa shape index (κ1) is 31.5. The van der Waals surface area contributed by atoms with Crippen LogP contribution in [0.4, 0.5) is 11.4 Å². The molecule has 1 aromatic carbocycles. The van der Waals surface area contributed by atoms with Crippen LogP contribution in [0.5, 0.6) is 0 Å². The number of nitrogens with zero attached hydrogens (tertiary/aromatic N) is 2. The van der Waals surface area contributed by atoms with E-state index in [4.69, 9.17) is 0 Å². The summed E-state index contributed by atoms with van der Waals surface area (Å²) in [6.07, 6.45) is 22.9. The molecule has 0 spiro atoms. The van der Waals surface area contributed by atoms with E-state index in [0.717, 1.165) is 103 Å². The Labute approximate surface area is 287 Å². The molecule has 0 saturated heterocycles. The maximum atomic E-state index is 14.9. The van der Waals surface area contributed by atoms with Crippen molar-refractivity contribution in [2.75, 3.05) is 9.80 Å². The SMILES string of the molecule is O=C(C1CCCCC1)N(C(=O)C12CC3CC(CC(C3)C1)C2)c1ccc(N(C(=O)C2CCCCC2)C(=O)C23CC4CC(CC(C4)C2)C3)cc1. The lowest BCUT2D eigenvalue weighted by Crippen LogP contribution is -2.57. The van der Waals surface area contributed by atoms with Crippen LogP contribution in [0.2, 0.25) is 0 Å². The Morgan fingerprint density at radius 3 is 0.979 bits per heavy atom. The van der Waals surface area contributed by atoms with Crippen molar-refractivity contribution >= 4 is 35.0 Å². The summed E-state index contributed by atoms with van der Waals surface area (Å²) in [5.74, 6) is 3.48. The Bertz CT molecular complexity index is 1270. The molecule has 0 N–H and O–H groups in total. The van der Waals surface area contributed by atoms with Crippen molar-refractivity contribution in [1.29, 1.82) is 0 Å². The second-order valence-electron chi connectivity index (χ2n) is 18.5. The van der Waals surface area contributed by atoms with E-state index in [1.807, 2.05) is 24.3 Å². The number of benzene rings is 1. The molecule has 4 amide bonds. The largest absolute Gasteiger partial charge is 0.274 e. The van der Waals surface area contributed by atoms with Crippen LogP contribution in [0.25, 0.3) is 0 Å². The minimum atomic E-state index is -0.421. The highest BCUT2D eigenvalue weighted by atomic mass is 16.2. The average molecular weight is 653 g/mol. The van der Waals surface area contributed by atoms with Crippen LogP contribution in [-0.2, 0) is 19.2 Å². The molecule has 0 radical (unpaired) electrons. The van der Waals surface area contributed by atoms with Crippen LogP contribution in [0.3, 0.4) is 0 Å². The number of anilines is 2. The molecule has 11 rings (SSSR count). The van der Waals surface area contributed by atoms with Gasteiger partial charge in [0.1, 0.15) is 0 Å². The second kappa shape index (κ2) is 12.1. The fourth-order valence-corrected chi connectivity index (χ4v) is 13.7. The van der Waals surface area contributed by atoms with E-state index in [9.17, 15) is 19.2 Å². The molecule has 0 heterocycles. The van der Waals surface area contributed by atoms with Gasteiger partial charge in [-0.05, 0) is 163 Å². The van der Waals surface area contributed by atoms with E-state index in [0.29, 0.717) is 46.9 Å². The fraction of sp³-hybridized carbons (Fsp3) is 0.762. The molecule has 0 atom stereocenters. The third-order valence-corrected chi connectivity index (χ3v) is 15.1. The van der Waals surface area contributed by atoms with Crippen LogP contribution < -0.4 is 9.80 Å². The Morgan fingerprint density at radius 2 is 0.708 bits per heavy atom. The van der Waals surface area contributed by atoms with Crippen molar-refractivity contribution in [1.82, 2.24) is 0 Å². The summed E-state index contributed by atoms with van der Waals surface area (Å²) >= 11 is 0. The van der Waals surface area contributed by atoms with Gasteiger partial charge in [-0.15, -0.1) is 0 Å². The van der Waals surface area contributed by atoms with Gasteiger partial charge in [-0.2, -0.15) is 0 Å². The monoisotopic (exact) mass is 652 g/mol. The topological polar surface area (TPSA) is 74.8 Å². The number of hydrogen-bond donors (Lipinski definition) is 0. The van der Waals surface area contributed by atoms with Crippen molar-refractivity contribution in [2.45, 2.75) is 141 Å². The Hall–Kier alpha value is -2.50. The standard InChI is InChI=1S/C42H56N2O4/c45-37(33-7-3-1-4-8-33)43(39(47)41-21-27-15-28(22-41)17-29(16-27)23-41)35-11-13-36(14-12-35)44(38(46)34-9-5-2-6-10-34)40(48)42-24-30-18-31(25-42)20-32(19-30)26-42/h11-14,27-34H,1-10,15-26H2. The molecule has 10 aliphatic rings. The summed E-state index contributed by atoms with van der Waals surface area (Å²) in [4.78, 5) is 61.8. The Balaban J connectivity index is 1.05. The van der Waals surface area contributed by atoms with Crippen LogP contribution in [-0.4, -0.2) is 23.6 Å². The van der Waals surface area contributed by atoms with Gasteiger partial charge in [0.05, 0.1) is 22.2 Å². The van der Waals surface area contributed by atoms with Gasteiger partial charge in [0.2, 0.25) is 23.6 Å². The number of carbonyl (C=O) groups is 4. The highest BCUT2D eigenvalue weighted by molar-refractivity contribution is 6.19. The minimum Gasteiger partial charge on any atom is -0.274 e. The third kappa shape index (κ3) is 5.32. The molecule has 6 nitrogen and oxygen atoms in total. The Kier molecular flexibility index (Phi) is 7.92. The zero-order valence-electron chi connectivity index (χ0n) is 29.0. The van der Waals surface area contributed by atoms with Gasteiger partial charge in [0, 0.05) is 11.8 Å². The quantitative estimate of drug-likeness (QED) is 0.288. The molecular formula is C42H56N2O4. The van der Waals surface area contributed by atoms with Crippen molar-refractivity contribution in [3.63, 3.8) is 0 Å². The highest BCUT2D eigenvalue weighted by Gasteiger charge is 2.58. The molecule has 0 aliphatic heterocycles. The van der Waals surface area contributed by atoms with Crippen LogP contribution >= 0.6 is 0 Å². The Morgan fingerprint density at radius 1 is 0.438 bits per heavy atom. The maximum Gasteiger partial charge on any atom is 0.240 e. The maximum absolute atomic E-state index is 14.9.